The highest BCUT2D eigenvalue weighted by atomic mass is 19.2. The minimum absolute atomic E-state index is 0.352. The minimum atomic E-state index is -1.31. The summed E-state index contributed by atoms with van der Waals surface area (Å²) in [6.45, 7) is 3.58. The van der Waals surface area contributed by atoms with E-state index in [1.54, 1.807) is 13.8 Å². The summed E-state index contributed by atoms with van der Waals surface area (Å²) in [5, 5.41) is 0. The van der Waals surface area contributed by atoms with Gasteiger partial charge in [-0.25, -0.2) is 13.2 Å². The van der Waals surface area contributed by atoms with Gasteiger partial charge in [-0.15, -0.1) is 0 Å². The van der Waals surface area contributed by atoms with Gasteiger partial charge in [-0.05, 0) is 12.8 Å². The number of carbonyl (C=O) groups excluding carboxylic acids is 1. The summed E-state index contributed by atoms with van der Waals surface area (Å²) in [6.07, 6.45) is 1.08. The van der Waals surface area contributed by atoms with E-state index in [1.807, 2.05) is 0 Å². The number of carbonyl (C=O) groups is 1. The van der Waals surface area contributed by atoms with Crippen LogP contribution in [0.15, 0.2) is 12.1 Å². The van der Waals surface area contributed by atoms with Crippen LogP contribution in [-0.4, -0.2) is 5.97 Å². The van der Waals surface area contributed by atoms with Gasteiger partial charge in [0.2, 0.25) is 0 Å². The average molecular weight is 246 g/mol. The number of hydrogen-bond donors (Lipinski definition) is 0. The van der Waals surface area contributed by atoms with Gasteiger partial charge in [0.05, 0.1) is 5.92 Å². The summed E-state index contributed by atoms with van der Waals surface area (Å²) in [6, 6.07) is 0.885. The third-order valence-corrected chi connectivity index (χ3v) is 2.50. The summed E-state index contributed by atoms with van der Waals surface area (Å²) < 4.78 is 43.4. The number of hydrogen-bond acceptors (Lipinski definition) is 2. The van der Waals surface area contributed by atoms with Crippen molar-refractivity contribution in [2.75, 3.05) is 0 Å². The normalized spacial score (nSPS) is 10.7. The van der Waals surface area contributed by atoms with Crippen molar-refractivity contribution >= 4 is 5.97 Å². The molecule has 0 fully saturated rings. The Hall–Kier alpha value is -1.52. The second-order valence-corrected chi connectivity index (χ2v) is 3.63. The van der Waals surface area contributed by atoms with Crippen LogP contribution in [0.3, 0.4) is 0 Å². The molecular weight excluding hydrogens is 233 g/mol. The predicted molar refractivity (Wildman–Crippen MR) is 56.0 cm³/mol. The molecule has 0 aliphatic heterocycles. The summed E-state index contributed by atoms with van der Waals surface area (Å²) >= 11 is 0. The van der Waals surface area contributed by atoms with E-state index in [0.29, 0.717) is 25.0 Å². The summed E-state index contributed by atoms with van der Waals surface area (Å²) in [4.78, 5) is 11.5. The Labute approximate surface area is 97.4 Å². The van der Waals surface area contributed by atoms with E-state index in [2.05, 4.69) is 0 Å². The highest BCUT2D eigenvalue weighted by molar-refractivity contribution is 5.75. The van der Waals surface area contributed by atoms with Crippen LogP contribution in [0.5, 0.6) is 5.75 Å². The van der Waals surface area contributed by atoms with Crippen LogP contribution in [-0.2, 0) is 4.79 Å². The first-order valence-electron chi connectivity index (χ1n) is 5.35. The average Bonchev–Trinajstić information content (AvgIpc) is 2.27. The van der Waals surface area contributed by atoms with E-state index in [1.165, 1.54) is 0 Å². The highest BCUT2D eigenvalue weighted by Crippen LogP contribution is 2.22. The lowest BCUT2D eigenvalue weighted by atomic mass is 10.0. The predicted octanol–water partition coefficient (Wildman–Crippen LogP) is 3.45. The summed E-state index contributed by atoms with van der Waals surface area (Å²) in [5.41, 5.74) is 0. The molecule has 17 heavy (non-hydrogen) atoms. The fourth-order valence-corrected chi connectivity index (χ4v) is 1.40. The maximum Gasteiger partial charge on any atom is 0.314 e. The number of ether oxygens (including phenoxy) is 1. The molecule has 0 spiro atoms. The molecule has 0 aliphatic rings. The van der Waals surface area contributed by atoms with Gasteiger partial charge in [0.15, 0.2) is 23.2 Å². The molecule has 0 aromatic heterocycles. The van der Waals surface area contributed by atoms with Gasteiger partial charge in [0.25, 0.3) is 0 Å². The molecular formula is C12H13F3O2. The molecule has 0 heterocycles. The Morgan fingerprint density at radius 1 is 1.12 bits per heavy atom. The molecule has 94 valence electrons. The number of esters is 1. The zero-order chi connectivity index (χ0) is 13.0. The van der Waals surface area contributed by atoms with E-state index >= 15 is 0 Å². The van der Waals surface area contributed by atoms with Crippen LogP contribution < -0.4 is 4.74 Å². The third-order valence-electron chi connectivity index (χ3n) is 2.50. The Morgan fingerprint density at radius 3 is 2.18 bits per heavy atom. The van der Waals surface area contributed by atoms with E-state index in [-0.39, 0.29) is 5.92 Å². The molecule has 0 saturated heterocycles. The van der Waals surface area contributed by atoms with Crippen LogP contribution in [0.25, 0.3) is 0 Å². The van der Waals surface area contributed by atoms with Crippen molar-refractivity contribution < 1.29 is 22.7 Å². The van der Waals surface area contributed by atoms with Crippen LogP contribution in [0.1, 0.15) is 26.7 Å². The van der Waals surface area contributed by atoms with E-state index in [9.17, 15) is 18.0 Å². The maximum atomic E-state index is 13.2. The highest BCUT2D eigenvalue weighted by Gasteiger charge is 2.19. The Balaban J connectivity index is 2.88. The van der Waals surface area contributed by atoms with Crippen molar-refractivity contribution in [1.29, 1.82) is 0 Å². The van der Waals surface area contributed by atoms with Gasteiger partial charge in [-0.1, -0.05) is 13.8 Å². The van der Waals surface area contributed by atoms with E-state index in [4.69, 9.17) is 4.74 Å². The molecule has 0 saturated carbocycles. The van der Waals surface area contributed by atoms with Gasteiger partial charge < -0.3 is 4.74 Å². The standard InChI is InChI=1S/C12H13F3O2/c1-3-7(4-2)12(16)17-11-6-9(14)8(13)5-10(11)15/h5-7H,3-4H2,1-2H3. The first kappa shape index (κ1) is 13.5. The van der Waals surface area contributed by atoms with Crippen molar-refractivity contribution in [3.05, 3.63) is 29.6 Å². The van der Waals surface area contributed by atoms with Crippen LogP contribution >= 0.6 is 0 Å². The molecule has 0 N–H and O–H groups in total. The first-order valence-corrected chi connectivity index (χ1v) is 5.35. The van der Waals surface area contributed by atoms with Gasteiger partial charge in [0, 0.05) is 12.1 Å². The quantitative estimate of drug-likeness (QED) is 0.462. The topological polar surface area (TPSA) is 26.3 Å². The molecule has 2 nitrogen and oxygen atoms in total. The van der Waals surface area contributed by atoms with Gasteiger partial charge in [0.1, 0.15) is 0 Å². The largest absolute Gasteiger partial charge is 0.423 e. The number of rotatable bonds is 4. The lowest BCUT2D eigenvalue weighted by molar-refractivity contribution is -0.139. The molecule has 1 rings (SSSR count). The van der Waals surface area contributed by atoms with Crippen molar-refractivity contribution in [3.63, 3.8) is 0 Å². The molecule has 0 radical (unpaired) electrons. The van der Waals surface area contributed by atoms with Crippen LogP contribution in [0.2, 0.25) is 0 Å². The number of halogens is 3. The lowest BCUT2D eigenvalue weighted by Gasteiger charge is -2.12. The van der Waals surface area contributed by atoms with Gasteiger partial charge in [-0.3, -0.25) is 4.79 Å². The van der Waals surface area contributed by atoms with Crippen molar-refractivity contribution in [3.8, 4) is 5.75 Å². The monoisotopic (exact) mass is 246 g/mol. The number of benzene rings is 1. The van der Waals surface area contributed by atoms with Crippen LogP contribution in [0, 0.1) is 23.4 Å². The lowest BCUT2D eigenvalue weighted by Crippen LogP contribution is -2.19. The minimum Gasteiger partial charge on any atom is -0.423 e. The van der Waals surface area contributed by atoms with Gasteiger partial charge in [-0.2, -0.15) is 0 Å². The maximum absolute atomic E-state index is 13.2. The molecule has 1 aromatic rings. The third kappa shape index (κ3) is 3.22. The van der Waals surface area contributed by atoms with Gasteiger partial charge >= 0.3 is 5.97 Å². The van der Waals surface area contributed by atoms with Crippen LogP contribution in [0.4, 0.5) is 13.2 Å². The fraction of sp³-hybridized carbons (Fsp3) is 0.417. The van der Waals surface area contributed by atoms with E-state index < -0.39 is 29.2 Å². The SMILES string of the molecule is CCC(CC)C(=O)Oc1cc(F)c(F)cc1F. The van der Waals surface area contributed by atoms with Crippen molar-refractivity contribution in [1.82, 2.24) is 0 Å². The molecule has 0 amide bonds. The zero-order valence-electron chi connectivity index (χ0n) is 9.60. The van der Waals surface area contributed by atoms with E-state index in [0.717, 1.165) is 0 Å². The fourth-order valence-electron chi connectivity index (χ4n) is 1.40. The Bertz CT molecular complexity index is 414. The molecule has 5 heteroatoms. The summed E-state index contributed by atoms with van der Waals surface area (Å²) in [7, 11) is 0. The Kier molecular flexibility index (Phi) is 4.54. The molecule has 0 bridgehead atoms. The molecule has 1 aromatic carbocycles. The second-order valence-electron chi connectivity index (χ2n) is 3.63. The molecule has 0 aliphatic carbocycles. The van der Waals surface area contributed by atoms with Crippen molar-refractivity contribution in [2.45, 2.75) is 26.7 Å². The molecule has 0 atom stereocenters. The summed E-state index contributed by atoms with van der Waals surface area (Å²) in [5.74, 6) is -5.25. The van der Waals surface area contributed by atoms with Crippen molar-refractivity contribution in [2.24, 2.45) is 5.92 Å². The zero-order valence-corrected chi connectivity index (χ0v) is 9.60. The smallest absolute Gasteiger partial charge is 0.314 e. The first-order chi connectivity index (χ1) is 7.99. The Morgan fingerprint density at radius 2 is 1.65 bits per heavy atom. The molecule has 0 unspecified atom stereocenters. The second kappa shape index (κ2) is 5.70.